The Hall–Kier alpha value is -2.14. The van der Waals surface area contributed by atoms with Crippen molar-refractivity contribution in [1.29, 1.82) is 0 Å². The normalized spacial score (nSPS) is 12.8. The van der Waals surface area contributed by atoms with Gasteiger partial charge in [0.25, 0.3) is 0 Å². The molecule has 5 nitrogen and oxygen atoms in total. The fourth-order valence-corrected chi connectivity index (χ4v) is 2.69. The van der Waals surface area contributed by atoms with Gasteiger partial charge in [-0.25, -0.2) is 4.68 Å². The lowest BCUT2D eigenvalue weighted by atomic mass is 10.0. The molecule has 0 spiro atoms. The summed E-state index contributed by atoms with van der Waals surface area (Å²) in [5.74, 6) is 1.24. The Morgan fingerprint density at radius 2 is 1.76 bits per heavy atom. The Balaban J connectivity index is 1.97. The number of hydrogen-bond donors (Lipinski definition) is 1. The first kappa shape index (κ1) is 19.2. The Morgan fingerprint density at radius 1 is 1.12 bits per heavy atom. The number of benzene rings is 1. The first-order valence-corrected chi connectivity index (χ1v) is 8.93. The summed E-state index contributed by atoms with van der Waals surface area (Å²) >= 11 is 0. The summed E-state index contributed by atoms with van der Waals surface area (Å²) in [5, 5.41) is 7.23. The van der Waals surface area contributed by atoms with Crippen LogP contribution in [0, 0.1) is 0 Å². The van der Waals surface area contributed by atoms with Crippen molar-refractivity contribution < 1.29 is 4.79 Å². The molecule has 1 aromatic heterocycles. The van der Waals surface area contributed by atoms with Gasteiger partial charge in [-0.1, -0.05) is 38.1 Å². The largest absolute Gasteiger partial charge is 0.310 e. The van der Waals surface area contributed by atoms with Gasteiger partial charge in [-0.2, -0.15) is 5.10 Å². The first-order valence-electron chi connectivity index (χ1n) is 8.93. The molecule has 1 amide bonds. The maximum Gasteiger partial charge on any atom is 0.242 e. The molecule has 136 valence electrons. The van der Waals surface area contributed by atoms with Crippen LogP contribution in [0.5, 0.6) is 0 Å². The number of aromatic nitrogens is 2. The molecule has 0 aliphatic carbocycles. The van der Waals surface area contributed by atoms with Gasteiger partial charge in [-0.05, 0) is 44.9 Å². The molecular formula is C20H30N4O. The third-order valence-corrected chi connectivity index (χ3v) is 4.53. The van der Waals surface area contributed by atoms with E-state index in [1.54, 1.807) is 6.20 Å². The van der Waals surface area contributed by atoms with Gasteiger partial charge in [-0.15, -0.1) is 0 Å². The van der Waals surface area contributed by atoms with Crippen molar-refractivity contribution >= 4 is 11.7 Å². The highest BCUT2D eigenvalue weighted by atomic mass is 16.2. The highest BCUT2D eigenvalue weighted by molar-refractivity contribution is 5.93. The zero-order chi connectivity index (χ0) is 18.6. The van der Waals surface area contributed by atoms with Gasteiger partial charge in [0.05, 0.1) is 12.2 Å². The van der Waals surface area contributed by atoms with Crippen LogP contribution in [0.25, 0.3) is 0 Å². The maximum absolute atomic E-state index is 12.6. The lowest BCUT2D eigenvalue weighted by Gasteiger charge is -2.24. The highest BCUT2D eigenvalue weighted by Gasteiger charge is 2.20. The van der Waals surface area contributed by atoms with Crippen molar-refractivity contribution in [2.75, 3.05) is 12.4 Å². The number of amides is 1. The number of carbonyl (C=O) groups is 1. The third-order valence-electron chi connectivity index (χ3n) is 4.53. The lowest BCUT2D eigenvalue weighted by molar-refractivity contribution is -0.120. The summed E-state index contributed by atoms with van der Waals surface area (Å²) in [4.78, 5) is 14.6. The quantitative estimate of drug-likeness (QED) is 0.826. The molecule has 0 aliphatic rings. The molecule has 0 saturated carbocycles. The minimum absolute atomic E-state index is 0.0244. The Bertz CT molecular complexity index is 688. The molecule has 2 rings (SSSR count). The minimum atomic E-state index is -0.236. The molecule has 0 saturated heterocycles. The van der Waals surface area contributed by atoms with E-state index in [-0.39, 0.29) is 18.0 Å². The second-order valence-corrected chi connectivity index (χ2v) is 7.23. The van der Waals surface area contributed by atoms with Crippen molar-refractivity contribution in [3.8, 4) is 0 Å². The van der Waals surface area contributed by atoms with Crippen LogP contribution >= 0.6 is 0 Å². The van der Waals surface area contributed by atoms with E-state index in [0.717, 1.165) is 12.4 Å². The Kier molecular flexibility index (Phi) is 6.37. The molecule has 0 unspecified atom stereocenters. The van der Waals surface area contributed by atoms with E-state index in [2.05, 4.69) is 53.4 Å². The number of nitrogens with one attached hydrogen (secondary N) is 1. The van der Waals surface area contributed by atoms with Crippen molar-refractivity contribution in [2.24, 2.45) is 0 Å². The van der Waals surface area contributed by atoms with E-state index in [9.17, 15) is 4.79 Å². The van der Waals surface area contributed by atoms with E-state index in [0.29, 0.717) is 5.92 Å². The van der Waals surface area contributed by atoms with E-state index in [1.165, 1.54) is 11.1 Å². The van der Waals surface area contributed by atoms with Gasteiger partial charge in [0.1, 0.15) is 5.82 Å². The summed E-state index contributed by atoms with van der Waals surface area (Å²) in [7, 11) is 1.97. The fourth-order valence-electron chi connectivity index (χ4n) is 2.69. The van der Waals surface area contributed by atoms with Gasteiger partial charge >= 0.3 is 0 Å². The highest BCUT2D eigenvalue weighted by Crippen LogP contribution is 2.17. The number of anilines is 1. The standard InChI is InChI=1S/C20H30N4O/c1-14(2)18-9-7-17(8-10-18)13-23(6)16(5)20(25)22-19-11-12-21-24(19)15(3)4/h7-12,14-16H,13H2,1-6H3,(H,22,25)/t16-/m0/s1. The number of hydrogen-bond acceptors (Lipinski definition) is 3. The zero-order valence-corrected chi connectivity index (χ0v) is 16.2. The van der Waals surface area contributed by atoms with E-state index in [1.807, 2.05) is 38.6 Å². The van der Waals surface area contributed by atoms with E-state index >= 15 is 0 Å². The zero-order valence-electron chi connectivity index (χ0n) is 16.2. The molecule has 1 heterocycles. The van der Waals surface area contributed by atoms with Crippen molar-refractivity contribution in [3.05, 3.63) is 47.7 Å². The number of nitrogens with zero attached hydrogens (tertiary/aromatic N) is 3. The molecule has 0 aliphatic heterocycles. The summed E-state index contributed by atoms with van der Waals surface area (Å²) in [5.41, 5.74) is 2.54. The Morgan fingerprint density at radius 3 is 2.32 bits per heavy atom. The molecule has 1 N–H and O–H groups in total. The molecule has 25 heavy (non-hydrogen) atoms. The summed E-state index contributed by atoms with van der Waals surface area (Å²) < 4.78 is 1.81. The van der Waals surface area contributed by atoms with Crippen LogP contribution in [0.4, 0.5) is 5.82 Å². The first-order chi connectivity index (χ1) is 11.8. The van der Waals surface area contributed by atoms with E-state index < -0.39 is 0 Å². The summed E-state index contributed by atoms with van der Waals surface area (Å²) in [6.07, 6.45) is 1.71. The van der Waals surface area contributed by atoms with Crippen LogP contribution in [-0.4, -0.2) is 33.7 Å². The van der Waals surface area contributed by atoms with Crippen LogP contribution in [0.3, 0.4) is 0 Å². The Labute approximate surface area is 151 Å². The second kappa shape index (κ2) is 8.30. The number of likely N-dealkylation sites (N-methyl/N-ethyl adjacent to an activating group) is 1. The lowest BCUT2D eigenvalue weighted by Crippen LogP contribution is -2.39. The summed E-state index contributed by atoms with van der Waals surface area (Å²) in [6.45, 7) is 11.1. The van der Waals surface area contributed by atoms with Crippen molar-refractivity contribution in [3.63, 3.8) is 0 Å². The molecule has 5 heteroatoms. The van der Waals surface area contributed by atoms with Gasteiger partial charge in [-0.3, -0.25) is 9.69 Å². The molecule has 1 aromatic carbocycles. The van der Waals surface area contributed by atoms with Gasteiger partial charge in [0.2, 0.25) is 5.91 Å². The van der Waals surface area contributed by atoms with Crippen molar-refractivity contribution in [1.82, 2.24) is 14.7 Å². The van der Waals surface area contributed by atoms with Crippen LogP contribution < -0.4 is 5.32 Å². The predicted octanol–water partition coefficient (Wildman–Crippen LogP) is 4.05. The number of rotatable bonds is 7. The average Bonchev–Trinajstić information content (AvgIpc) is 3.02. The van der Waals surface area contributed by atoms with Crippen LogP contribution in [-0.2, 0) is 11.3 Å². The monoisotopic (exact) mass is 342 g/mol. The van der Waals surface area contributed by atoms with Gasteiger partial charge in [0.15, 0.2) is 0 Å². The van der Waals surface area contributed by atoms with Crippen LogP contribution in [0.2, 0.25) is 0 Å². The fraction of sp³-hybridized carbons (Fsp3) is 0.500. The SMILES string of the molecule is CC(C)c1ccc(CN(C)[C@@H](C)C(=O)Nc2ccnn2C(C)C)cc1. The molecule has 1 atom stereocenters. The third kappa shape index (κ3) is 4.92. The molecule has 0 radical (unpaired) electrons. The maximum atomic E-state index is 12.6. The smallest absolute Gasteiger partial charge is 0.242 e. The number of carbonyl (C=O) groups excluding carboxylic acids is 1. The second-order valence-electron chi connectivity index (χ2n) is 7.23. The molecule has 0 fully saturated rings. The van der Waals surface area contributed by atoms with Gasteiger partial charge in [0, 0.05) is 18.7 Å². The van der Waals surface area contributed by atoms with Crippen molar-refractivity contribution in [2.45, 2.75) is 59.2 Å². The average molecular weight is 342 g/mol. The van der Waals surface area contributed by atoms with Crippen LogP contribution in [0.15, 0.2) is 36.5 Å². The molecular weight excluding hydrogens is 312 g/mol. The molecule has 2 aromatic rings. The van der Waals surface area contributed by atoms with Gasteiger partial charge < -0.3 is 5.32 Å². The predicted molar refractivity (Wildman–Crippen MR) is 103 cm³/mol. The van der Waals surface area contributed by atoms with E-state index in [4.69, 9.17) is 0 Å². The van der Waals surface area contributed by atoms with Crippen LogP contribution in [0.1, 0.15) is 57.7 Å². The minimum Gasteiger partial charge on any atom is -0.310 e. The molecule has 0 bridgehead atoms. The summed E-state index contributed by atoms with van der Waals surface area (Å²) in [6, 6.07) is 10.4. The topological polar surface area (TPSA) is 50.2 Å².